The second-order valence-corrected chi connectivity index (χ2v) is 4.45. The van der Waals surface area contributed by atoms with Gasteiger partial charge in [0.25, 0.3) is 0 Å². The van der Waals surface area contributed by atoms with Crippen LogP contribution in [0.4, 0.5) is 0 Å². The fourth-order valence-electron chi connectivity index (χ4n) is 2.09. The molecule has 1 heterocycles. The Balaban J connectivity index is 2.29. The molecule has 0 saturated carbocycles. The summed E-state index contributed by atoms with van der Waals surface area (Å²) in [6.45, 7) is 11.8. The van der Waals surface area contributed by atoms with Crippen LogP contribution in [0.25, 0.3) is 0 Å². The monoisotopic (exact) mass is 196 g/mol. The molecular weight excluding hydrogens is 172 g/mol. The Morgan fingerprint density at radius 3 is 2.86 bits per heavy atom. The first-order chi connectivity index (χ1) is 6.74. The first-order valence-corrected chi connectivity index (χ1v) is 5.82. The molecule has 0 aromatic heterocycles. The molecule has 1 fully saturated rings. The summed E-state index contributed by atoms with van der Waals surface area (Å²) in [5, 5.41) is 3.53. The number of hydrogen-bond acceptors (Lipinski definition) is 2. The zero-order chi connectivity index (χ0) is 10.4. The summed E-state index contributed by atoms with van der Waals surface area (Å²) in [5.74, 6) is 0. The van der Waals surface area contributed by atoms with E-state index in [-0.39, 0.29) is 0 Å². The van der Waals surface area contributed by atoms with Gasteiger partial charge in [-0.3, -0.25) is 0 Å². The minimum atomic E-state index is 0.702. The van der Waals surface area contributed by atoms with Crippen LogP contribution in [0, 0.1) is 0 Å². The molecule has 1 aliphatic rings. The van der Waals surface area contributed by atoms with E-state index < -0.39 is 0 Å². The highest BCUT2D eigenvalue weighted by molar-refractivity contribution is 4.79. The molecule has 0 aliphatic carbocycles. The number of nitrogens with zero attached hydrogens (tertiary/aromatic N) is 1. The van der Waals surface area contributed by atoms with Crippen LogP contribution in [-0.2, 0) is 0 Å². The molecule has 0 spiro atoms. The van der Waals surface area contributed by atoms with E-state index in [9.17, 15) is 0 Å². The summed E-state index contributed by atoms with van der Waals surface area (Å²) >= 11 is 0. The van der Waals surface area contributed by atoms with Gasteiger partial charge in [-0.25, -0.2) is 0 Å². The van der Waals surface area contributed by atoms with E-state index in [1.165, 1.54) is 32.4 Å². The van der Waals surface area contributed by atoms with E-state index in [2.05, 4.69) is 30.6 Å². The molecule has 0 bridgehead atoms. The van der Waals surface area contributed by atoms with Crippen molar-refractivity contribution in [2.75, 3.05) is 19.6 Å². The molecule has 14 heavy (non-hydrogen) atoms. The molecule has 2 nitrogen and oxygen atoms in total. The van der Waals surface area contributed by atoms with Gasteiger partial charge in [0.15, 0.2) is 0 Å². The maximum atomic E-state index is 3.74. The quantitative estimate of drug-likeness (QED) is 0.692. The molecule has 1 atom stereocenters. The van der Waals surface area contributed by atoms with Crippen LogP contribution in [-0.4, -0.2) is 36.6 Å². The summed E-state index contributed by atoms with van der Waals surface area (Å²) < 4.78 is 0. The van der Waals surface area contributed by atoms with Gasteiger partial charge in [0.2, 0.25) is 0 Å². The number of rotatable bonds is 4. The van der Waals surface area contributed by atoms with E-state index >= 15 is 0 Å². The van der Waals surface area contributed by atoms with E-state index in [0.717, 1.165) is 6.54 Å². The molecule has 0 amide bonds. The average Bonchev–Trinajstić information content (AvgIpc) is 2.39. The second-order valence-electron chi connectivity index (χ2n) is 4.45. The highest BCUT2D eigenvalue weighted by Crippen LogP contribution is 2.12. The van der Waals surface area contributed by atoms with Crippen LogP contribution in [0.3, 0.4) is 0 Å². The van der Waals surface area contributed by atoms with Gasteiger partial charge in [-0.15, -0.1) is 6.58 Å². The zero-order valence-corrected chi connectivity index (χ0v) is 9.63. The first-order valence-electron chi connectivity index (χ1n) is 5.82. The molecule has 1 N–H and O–H groups in total. The van der Waals surface area contributed by atoms with Crippen LogP contribution in [0.15, 0.2) is 12.7 Å². The summed E-state index contributed by atoms with van der Waals surface area (Å²) in [7, 11) is 0. The highest BCUT2D eigenvalue weighted by atomic mass is 15.1. The summed E-state index contributed by atoms with van der Waals surface area (Å²) in [4.78, 5) is 2.58. The lowest BCUT2D eigenvalue weighted by Gasteiger charge is -2.24. The predicted molar refractivity (Wildman–Crippen MR) is 62.5 cm³/mol. The van der Waals surface area contributed by atoms with Crippen molar-refractivity contribution in [3.05, 3.63) is 12.7 Å². The predicted octanol–water partition coefficient (Wildman–Crippen LogP) is 2.02. The van der Waals surface area contributed by atoms with Crippen LogP contribution in [0.5, 0.6) is 0 Å². The molecule has 1 saturated heterocycles. The largest absolute Gasteiger partial charge is 0.310 e. The average molecular weight is 196 g/mol. The lowest BCUT2D eigenvalue weighted by Crippen LogP contribution is -2.34. The van der Waals surface area contributed by atoms with E-state index in [1.807, 2.05) is 6.08 Å². The van der Waals surface area contributed by atoms with Crippen molar-refractivity contribution in [1.29, 1.82) is 0 Å². The molecule has 82 valence electrons. The fourth-order valence-corrected chi connectivity index (χ4v) is 2.09. The lowest BCUT2D eigenvalue weighted by atomic mass is 10.1. The first kappa shape index (κ1) is 11.7. The van der Waals surface area contributed by atoms with Gasteiger partial charge in [-0.1, -0.05) is 6.08 Å². The Hall–Kier alpha value is -0.340. The number of likely N-dealkylation sites (tertiary alicyclic amines) is 1. The van der Waals surface area contributed by atoms with Crippen molar-refractivity contribution in [2.24, 2.45) is 0 Å². The highest BCUT2D eigenvalue weighted by Gasteiger charge is 2.17. The SMILES string of the molecule is C=CCNC1CCCN(C(C)C)CC1. The molecule has 1 rings (SSSR count). The summed E-state index contributed by atoms with van der Waals surface area (Å²) in [6.07, 6.45) is 5.88. The minimum Gasteiger partial charge on any atom is -0.310 e. The topological polar surface area (TPSA) is 15.3 Å². The van der Waals surface area contributed by atoms with Crippen molar-refractivity contribution in [3.63, 3.8) is 0 Å². The van der Waals surface area contributed by atoms with Gasteiger partial charge in [0, 0.05) is 18.6 Å². The van der Waals surface area contributed by atoms with E-state index in [0.29, 0.717) is 12.1 Å². The van der Waals surface area contributed by atoms with Crippen molar-refractivity contribution in [2.45, 2.75) is 45.2 Å². The van der Waals surface area contributed by atoms with Crippen LogP contribution in [0.2, 0.25) is 0 Å². The van der Waals surface area contributed by atoms with Crippen molar-refractivity contribution in [3.8, 4) is 0 Å². The third-order valence-electron chi connectivity index (χ3n) is 3.04. The minimum absolute atomic E-state index is 0.702. The smallest absolute Gasteiger partial charge is 0.0134 e. The molecule has 1 unspecified atom stereocenters. The van der Waals surface area contributed by atoms with Crippen molar-refractivity contribution >= 4 is 0 Å². The standard InChI is InChI=1S/C12H24N2/c1-4-8-13-12-6-5-9-14(10-7-12)11(2)3/h4,11-13H,1,5-10H2,2-3H3. The normalized spacial score (nSPS) is 24.9. The second kappa shape index (κ2) is 6.20. The van der Waals surface area contributed by atoms with Gasteiger partial charge in [-0.05, 0) is 46.2 Å². The number of nitrogens with one attached hydrogen (secondary N) is 1. The summed E-state index contributed by atoms with van der Waals surface area (Å²) in [5.41, 5.74) is 0. The van der Waals surface area contributed by atoms with Crippen molar-refractivity contribution in [1.82, 2.24) is 10.2 Å². The molecule has 2 heteroatoms. The van der Waals surface area contributed by atoms with Gasteiger partial charge in [-0.2, -0.15) is 0 Å². The van der Waals surface area contributed by atoms with Gasteiger partial charge < -0.3 is 10.2 Å². The van der Waals surface area contributed by atoms with Gasteiger partial charge >= 0.3 is 0 Å². The van der Waals surface area contributed by atoms with Gasteiger partial charge in [0.1, 0.15) is 0 Å². The molecule has 1 aliphatic heterocycles. The third-order valence-corrected chi connectivity index (χ3v) is 3.04. The molecule has 0 aromatic carbocycles. The maximum Gasteiger partial charge on any atom is 0.0134 e. The Bertz CT molecular complexity index is 166. The van der Waals surface area contributed by atoms with E-state index in [4.69, 9.17) is 0 Å². The Morgan fingerprint density at radius 1 is 1.43 bits per heavy atom. The Kier molecular flexibility index (Phi) is 5.20. The van der Waals surface area contributed by atoms with Crippen LogP contribution < -0.4 is 5.32 Å². The molecule has 0 aromatic rings. The zero-order valence-electron chi connectivity index (χ0n) is 9.63. The summed E-state index contributed by atoms with van der Waals surface area (Å²) in [6, 6.07) is 1.41. The Morgan fingerprint density at radius 2 is 2.21 bits per heavy atom. The lowest BCUT2D eigenvalue weighted by molar-refractivity contribution is 0.229. The van der Waals surface area contributed by atoms with Crippen molar-refractivity contribution < 1.29 is 0 Å². The van der Waals surface area contributed by atoms with Crippen LogP contribution in [0.1, 0.15) is 33.1 Å². The van der Waals surface area contributed by atoms with Crippen LogP contribution >= 0.6 is 0 Å². The van der Waals surface area contributed by atoms with E-state index in [1.54, 1.807) is 0 Å². The molecular formula is C12H24N2. The maximum absolute atomic E-state index is 3.74. The number of hydrogen-bond donors (Lipinski definition) is 1. The van der Waals surface area contributed by atoms with Gasteiger partial charge in [0.05, 0.1) is 0 Å². The fraction of sp³-hybridized carbons (Fsp3) is 0.833. The molecule has 0 radical (unpaired) electrons. The Labute approximate surface area is 88.4 Å². The third kappa shape index (κ3) is 3.81.